The van der Waals surface area contributed by atoms with E-state index in [1.165, 1.54) is 17.8 Å². The molecule has 7 heteroatoms. The summed E-state index contributed by atoms with van der Waals surface area (Å²) in [6.45, 7) is 0. The molecule has 0 atom stereocenters. The number of primary amides is 1. The molecular formula is C13H11N5O2. The largest absolute Gasteiger partial charge is 0.365 e. The van der Waals surface area contributed by atoms with E-state index in [0.717, 1.165) is 11.0 Å². The number of rotatable bonds is 2. The van der Waals surface area contributed by atoms with E-state index < -0.39 is 11.6 Å². The highest BCUT2D eigenvalue weighted by molar-refractivity contribution is 5.99. The molecule has 3 rings (SSSR count). The maximum Gasteiger partial charge on any atom is 0.347 e. The van der Waals surface area contributed by atoms with Gasteiger partial charge in [0.1, 0.15) is 0 Å². The van der Waals surface area contributed by atoms with Gasteiger partial charge in [0, 0.05) is 18.8 Å². The van der Waals surface area contributed by atoms with Crippen molar-refractivity contribution in [2.45, 2.75) is 0 Å². The highest BCUT2D eigenvalue weighted by atomic mass is 16.1. The van der Waals surface area contributed by atoms with Crippen molar-refractivity contribution in [3.05, 3.63) is 46.8 Å². The van der Waals surface area contributed by atoms with Crippen LogP contribution in [-0.2, 0) is 7.05 Å². The highest BCUT2D eigenvalue weighted by Gasteiger charge is 2.14. The summed E-state index contributed by atoms with van der Waals surface area (Å²) in [7, 11) is 1.52. The number of aromatic nitrogens is 4. The number of nitrogens with zero attached hydrogens (tertiary/aromatic N) is 3. The van der Waals surface area contributed by atoms with Crippen LogP contribution in [0.15, 0.2) is 35.5 Å². The smallest absolute Gasteiger partial charge is 0.347 e. The van der Waals surface area contributed by atoms with Gasteiger partial charge in [-0.2, -0.15) is 4.98 Å². The van der Waals surface area contributed by atoms with Gasteiger partial charge in [0.25, 0.3) is 5.91 Å². The van der Waals surface area contributed by atoms with Crippen molar-refractivity contribution < 1.29 is 4.79 Å². The summed E-state index contributed by atoms with van der Waals surface area (Å²) in [6.07, 6.45) is 2.96. The Morgan fingerprint density at radius 2 is 2.20 bits per heavy atom. The molecule has 100 valence electrons. The van der Waals surface area contributed by atoms with Crippen LogP contribution in [0.2, 0.25) is 0 Å². The molecule has 0 spiro atoms. The van der Waals surface area contributed by atoms with Crippen LogP contribution in [0.4, 0.5) is 0 Å². The Hall–Kier alpha value is -2.96. The summed E-state index contributed by atoms with van der Waals surface area (Å²) in [5.41, 5.74) is 7.59. The van der Waals surface area contributed by atoms with Crippen LogP contribution in [0.1, 0.15) is 10.4 Å². The van der Waals surface area contributed by atoms with Gasteiger partial charge < -0.3 is 15.3 Å². The first-order valence-electron chi connectivity index (χ1n) is 5.87. The zero-order chi connectivity index (χ0) is 14.3. The predicted molar refractivity (Wildman–Crippen MR) is 73.1 cm³/mol. The molecule has 0 radical (unpaired) electrons. The Balaban J connectivity index is 2.29. The Labute approximate surface area is 113 Å². The fourth-order valence-electron chi connectivity index (χ4n) is 2.03. The molecule has 3 N–H and O–H groups in total. The van der Waals surface area contributed by atoms with Crippen LogP contribution in [0.25, 0.3) is 22.3 Å². The second-order valence-electron chi connectivity index (χ2n) is 4.40. The molecule has 1 amide bonds. The van der Waals surface area contributed by atoms with E-state index in [-0.39, 0.29) is 11.3 Å². The molecule has 3 aromatic rings. The van der Waals surface area contributed by atoms with E-state index in [9.17, 15) is 9.59 Å². The minimum Gasteiger partial charge on any atom is -0.365 e. The monoisotopic (exact) mass is 269 g/mol. The molecule has 0 unspecified atom stereocenters. The number of nitrogens with two attached hydrogens (primary N) is 1. The maximum absolute atomic E-state index is 11.7. The number of benzene rings is 1. The maximum atomic E-state index is 11.7. The van der Waals surface area contributed by atoms with Crippen molar-refractivity contribution in [3.8, 4) is 11.3 Å². The lowest BCUT2D eigenvalue weighted by molar-refractivity contribution is 0.1000. The first kappa shape index (κ1) is 12.1. The third kappa shape index (κ3) is 1.85. The summed E-state index contributed by atoms with van der Waals surface area (Å²) < 4.78 is 1.22. The lowest BCUT2D eigenvalue weighted by Gasteiger charge is -2.07. The van der Waals surface area contributed by atoms with Crippen molar-refractivity contribution in [1.82, 2.24) is 19.5 Å². The number of H-pyrrole nitrogens is 1. The standard InChI is InChI=1S/C13H11N5O2/c1-18-5-8(12(14)19)11(17-13(18)20)7-2-3-9-10(4-7)16-6-15-9/h2-6H,1H3,(H2,14,19)(H,15,16). The third-order valence-electron chi connectivity index (χ3n) is 3.05. The summed E-state index contributed by atoms with van der Waals surface area (Å²) in [5.74, 6) is -0.632. The molecule has 0 fully saturated rings. The van der Waals surface area contributed by atoms with Crippen molar-refractivity contribution in [2.75, 3.05) is 0 Å². The van der Waals surface area contributed by atoms with Gasteiger partial charge in [-0.15, -0.1) is 0 Å². The molecule has 7 nitrogen and oxygen atoms in total. The topological polar surface area (TPSA) is 107 Å². The van der Waals surface area contributed by atoms with Gasteiger partial charge in [0.15, 0.2) is 0 Å². The third-order valence-corrected chi connectivity index (χ3v) is 3.05. The van der Waals surface area contributed by atoms with Gasteiger partial charge >= 0.3 is 5.69 Å². The van der Waals surface area contributed by atoms with Crippen LogP contribution in [0.5, 0.6) is 0 Å². The second kappa shape index (κ2) is 4.30. The molecule has 20 heavy (non-hydrogen) atoms. The number of hydrogen-bond acceptors (Lipinski definition) is 4. The lowest BCUT2D eigenvalue weighted by Crippen LogP contribution is -2.25. The molecule has 0 aliphatic carbocycles. The number of amides is 1. The van der Waals surface area contributed by atoms with Crippen LogP contribution in [0, 0.1) is 0 Å². The molecule has 0 saturated heterocycles. The van der Waals surface area contributed by atoms with Crippen molar-refractivity contribution in [1.29, 1.82) is 0 Å². The molecule has 2 aromatic heterocycles. The van der Waals surface area contributed by atoms with Crippen molar-refractivity contribution in [2.24, 2.45) is 12.8 Å². The SMILES string of the molecule is Cn1cc(C(N)=O)c(-c2ccc3nc[nH]c3c2)nc1=O. The molecule has 0 bridgehead atoms. The van der Waals surface area contributed by atoms with Crippen LogP contribution in [0.3, 0.4) is 0 Å². The summed E-state index contributed by atoms with van der Waals surface area (Å²) in [6, 6.07) is 5.30. The Bertz CT molecular complexity index is 878. The summed E-state index contributed by atoms with van der Waals surface area (Å²) in [5, 5.41) is 0. The molecule has 1 aromatic carbocycles. The van der Waals surface area contributed by atoms with Gasteiger partial charge in [0.2, 0.25) is 0 Å². The van der Waals surface area contributed by atoms with Crippen molar-refractivity contribution in [3.63, 3.8) is 0 Å². The summed E-state index contributed by atoms with van der Waals surface area (Å²) >= 11 is 0. The zero-order valence-corrected chi connectivity index (χ0v) is 10.6. The molecule has 0 saturated carbocycles. The molecule has 0 aliphatic heterocycles. The fourth-order valence-corrected chi connectivity index (χ4v) is 2.03. The number of hydrogen-bond donors (Lipinski definition) is 2. The normalized spacial score (nSPS) is 10.8. The number of carbonyl (C=O) groups is 1. The highest BCUT2D eigenvalue weighted by Crippen LogP contribution is 2.23. The molecule has 2 heterocycles. The average molecular weight is 269 g/mol. The number of nitrogens with one attached hydrogen (secondary N) is 1. The first-order chi connectivity index (χ1) is 9.56. The number of aryl methyl sites for hydroxylation is 1. The lowest BCUT2D eigenvalue weighted by atomic mass is 10.1. The van der Waals surface area contributed by atoms with E-state index in [2.05, 4.69) is 15.0 Å². The van der Waals surface area contributed by atoms with E-state index in [1.807, 2.05) is 0 Å². The fraction of sp³-hybridized carbons (Fsp3) is 0.0769. The Kier molecular flexibility index (Phi) is 2.60. The second-order valence-corrected chi connectivity index (χ2v) is 4.40. The van der Waals surface area contributed by atoms with Gasteiger partial charge in [-0.1, -0.05) is 6.07 Å². The van der Waals surface area contributed by atoms with Gasteiger partial charge in [-0.05, 0) is 12.1 Å². The van der Waals surface area contributed by atoms with Crippen LogP contribution in [-0.4, -0.2) is 25.4 Å². The first-order valence-corrected chi connectivity index (χ1v) is 5.87. The van der Waals surface area contributed by atoms with Crippen molar-refractivity contribution >= 4 is 16.9 Å². The van der Waals surface area contributed by atoms with Crippen LogP contribution < -0.4 is 11.4 Å². The molecule has 0 aliphatic rings. The minimum absolute atomic E-state index is 0.200. The van der Waals surface area contributed by atoms with E-state index >= 15 is 0 Å². The van der Waals surface area contributed by atoms with E-state index in [0.29, 0.717) is 5.56 Å². The Morgan fingerprint density at radius 3 is 2.95 bits per heavy atom. The van der Waals surface area contributed by atoms with Gasteiger partial charge in [-0.3, -0.25) is 4.79 Å². The number of fused-ring (bicyclic) bond motifs is 1. The number of carbonyl (C=O) groups excluding carboxylic acids is 1. The zero-order valence-electron chi connectivity index (χ0n) is 10.6. The molecular weight excluding hydrogens is 258 g/mol. The van der Waals surface area contributed by atoms with E-state index in [1.54, 1.807) is 24.5 Å². The quantitative estimate of drug-likeness (QED) is 0.703. The number of aromatic amines is 1. The number of imidazole rings is 1. The van der Waals surface area contributed by atoms with Gasteiger partial charge in [-0.25, -0.2) is 9.78 Å². The van der Waals surface area contributed by atoms with E-state index in [4.69, 9.17) is 5.73 Å². The Morgan fingerprint density at radius 1 is 1.40 bits per heavy atom. The predicted octanol–water partition coefficient (Wildman–Crippen LogP) is 0.423. The minimum atomic E-state index is -0.632. The average Bonchev–Trinajstić information content (AvgIpc) is 2.88. The van der Waals surface area contributed by atoms with Gasteiger partial charge in [0.05, 0.1) is 28.6 Å². The summed E-state index contributed by atoms with van der Waals surface area (Å²) in [4.78, 5) is 34.2. The van der Waals surface area contributed by atoms with Crippen LogP contribution >= 0.6 is 0 Å².